The first kappa shape index (κ1) is 22.9. The maximum Gasteiger partial charge on any atom is 0.335 e. The topological polar surface area (TPSA) is 87.7 Å². The number of carbonyl (C=O) groups excluding carboxylic acids is 1. The second-order valence-electron chi connectivity index (χ2n) is 10.6. The van der Waals surface area contributed by atoms with Gasteiger partial charge in [0, 0.05) is 11.6 Å². The molecule has 0 saturated heterocycles. The van der Waals surface area contributed by atoms with Gasteiger partial charge in [0.1, 0.15) is 5.75 Å². The van der Waals surface area contributed by atoms with E-state index in [-0.39, 0.29) is 29.3 Å². The molecule has 3 fully saturated rings. The molecule has 3 aliphatic carbocycles. The molecule has 1 aromatic rings. The van der Waals surface area contributed by atoms with E-state index in [0.717, 1.165) is 56.8 Å². The van der Waals surface area contributed by atoms with Crippen molar-refractivity contribution >= 4 is 12.0 Å². The van der Waals surface area contributed by atoms with Crippen LogP contribution in [0.4, 0.5) is 4.79 Å². The second kappa shape index (κ2) is 9.72. The van der Waals surface area contributed by atoms with Gasteiger partial charge in [-0.25, -0.2) is 9.59 Å². The van der Waals surface area contributed by atoms with Crippen molar-refractivity contribution in [3.05, 3.63) is 29.8 Å². The van der Waals surface area contributed by atoms with Gasteiger partial charge in [-0.2, -0.15) is 0 Å². The number of rotatable bonds is 6. The quantitative estimate of drug-likeness (QED) is 0.553. The maximum absolute atomic E-state index is 12.9. The van der Waals surface area contributed by atoms with Crippen LogP contribution in [0.3, 0.4) is 0 Å². The van der Waals surface area contributed by atoms with E-state index in [1.807, 2.05) is 0 Å². The van der Waals surface area contributed by atoms with Crippen LogP contribution in [-0.4, -0.2) is 34.8 Å². The van der Waals surface area contributed by atoms with Gasteiger partial charge < -0.3 is 20.5 Å². The van der Waals surface area contributed by atoms with Gasteiger partial charge in [-0.05, 0) is 99.8 Å². The zero-order chi connectivity index (χ0) is 22.7. The summed E-state index contributed by atoms with van der Waals surface area (Å²) in [5.41, 5.74) is 0.242. The molecule has 2 bridgehead atoms. The first-order valence-electron chi connectivity index (χ1n) is 12.4. The Balaban J connectivity index is 1.25. The summed E-state index contributed by atoms with van der Waals surface area (Å²) < 4.78 is 6.03. The normalized spacial score (nSPS) is 34.4. The van der Waals surface area contributed by atoms with Crippen molar-refractivity contribution in [3.8, 4) is 5.75 Å². The van der Waals surface area contributed by atoms with E-state index in [4.69, 9.17) is 9.84 Å². The fourth-order valence-electron chi connectivity index (χ4n) is 6.61. The lowest BCUT2D eigenvalue weighted by Crippen LogP contribution is -2.59. The van der Waals surface area contributed by atoms with Gasteiger partial charge in [-0.15, -0.1) is 0 Å². The van der Waals surface area contributed by atoms with E-state index in [1.54, 1.807) is 24.3 Å². The number of carboxylic acid groups (broad SMARTS) is 1. The summed E-state index contributed by atoms with van der Waals surface area (Å²) in [7, 11) is 0. The Morgan fingerprint density at radius 3 is 2.44 bits per heavy atom. The summed E-state index contributed by atoms with van der Waals surface area (Å²) in [6.45, 7) is 4.62. The Labute approximate surface area is 191 Å². The Bertz CT molecular complexity index is 799. The average Bonchev–Trinajstić information content (AvgIpc) is 2.74. The predicted octanol–water partition coefficient (Wildman–Crippen LogP) is 5.37. The van der Waals surface area contributed by atoms with Crippen molar-refractivity contribution in [1.29, 1.82) is 0 Å². The van der Waals surface area contributed by atoms with E-state index in [1.165, 1.54) is 19.3 Å². The molecule has 4 rings (SSSR count). The number of amides is 2. The Morgan fingerprint density at radius 1 is 1.06 bits per heavy atom. The first-order valence-corrected chi connectivity index (χ1v) is 12.4. The fourth-order valence-corrected chi connectivity index (χ4v) is 6.61. The molecular formula is C26H38N2O4. The molecule has 32 heavy (non-hydrogen) atoms. The van der Waals surface area contributed by atoms with Gasteiger partial charge in [0.2, 0.25) is 0 Å². The standard InChI is InChI=1S/C26H38N2O4/c1-3-18-13-19-12-17(2)14-26(15-18,16-19)28-25(31)27-21-6-10-23(11-7-21)32-22-8-4-20(5-9-22)24(29)30/h4-5,8-9,17-19,21,23H,3,6-7,10-16H2,1-2H3,(H,29,30)(H2,27,28,31). The van der Waals surface area contributed by atoms with Crippen molar-refractivity contribution < 1.29 is 19.4 Å². The highest BCUT2D eigenvalue weighted by Crippen LogP contribution is 2.48. The molecule has 0 aliphatic heterocycles. The molecule has 4 atom stereocenters. The van der Waals surface area contributed by atoms with E-state index in [9.17, 15) is 9.59 Å². The lowest BCUT2D eigenvalue weighted by atomic mass is 9.60. The van der Waals surface area contributed by atoms with E-state index < -0.39 is 5.97 Å². The predicted molar refractivity (Wildman–Crippen MR) is 124 cm³/mol. The average molecular weight is 443 g/mol. The van der Waals surface area contributed by atoms with Crippen LogP contribution in [0.5, 0.6) is 5.75 Å². The van der Waals surface area contributed by atoms with Gasteiger partial charge in [-0.3, -0.25) is 0 Å². The third kappa shape index (κ3) is 5.57. The van der Waals surface area contributed by atoms with Gasteiger partial charge in [0.15, 0.2) is 0 Å². The minimum Gasteiger partial charge on any atom is -0.490 e. The fraction of sp³-hybridized carbons (Fsp3) is 0.692. The molecule has 3 saturated carbocycles. The van der Waals surface area contributed by atoms with Crippen LogP contribution in [0.15, 0.2) is 24.3 Å². The molecule has 3 aliphatic rings. The summed E-state index contributed by atoms with van der Waals surface area (Å²) in [4.78, 5) is 23.9. The van der Waals surface area contributed by atoms with E-state index >= 15 is 0 Å². The lowest BCUT2D eigenvalue weighted by Gasteiger charge is -2.51. The summed E-state index contributed by atoms with van der Waals surface area (Å²) in [5, 5.41) is 15.7. The number of benzene rings is 1. The molecule has 6 heteroatoms. The minimum atomic E-state index is -0.933. The van der Waals surface area contributed by atoms with Crippen LogP contribution in [0.25, 0.3) is 0 Å². The van der Waals surface area contributed by atoms with Crippen LogP contribution >= 0.6 is 0 Å². The Kier molecular flexibility index (Phi) is 6.96. The number of hydrogen-bond donors (Lipinski definition) is 3. The van der Waals surface area contributed by atoms with Crippen LogP contribution in [0, 0.1) is 17.8 Å². The van der Waals surface area contributed by atoms with Gasteiger partial charge in [-0.1, -0.05) is 20.3 Å². The monoisotopic (exact) mass is 442 g/mol. The molecule has 0 aromatic heterocycles. The van der Waals surface area contributed by atoms with Crippen LogP contribution in [0.2, 0.25) is 0 Å². The largest absolute Gasteiger partial charge is 0.490 e. The van der Waals surface area contributed by atoms with Crippen LogP contribution < -0.4 is 15.4 Å². The zero-order valence-electron chi connectivity index (χ0n) is 19.4. The molecule has 1 aromatic carbocycles. The minimum absolute atomic E-state index is 0.00299. The summed E-state index contributed by atoms with van der Waals surface area (Å²) >= 11 is 0. The van der Waals surface area contributed by atoms with E-state index in [2.05, 4.69) is 24.5 Å². The molecule has 6 nitrogen and oxygen atoms in total. The van der Waals surface area contributed by atoms with E-state index in [0.29, 0.717) is 11.7 Å². The number of hydrogen-bond acceptors (Lipinski definition) is 3. The number of aromatic carboxylic acids is 1. The first-order chi connectivity index (χ1) is 15.3. The SMILES string of the molecule is CCC1CC2CC(C)CC(NC(=O)NC3CCC(Oc4ccc(C(=O)O)cc4)CC3)(C1)C2. The molecule has 2 amide bonds. The smallest absolute Gasteiger partial charge is 0.335 e. The van der Waals surface area contributed by atoms with Gasteiger partial charge in [0.05, 0.1) is 11.7 Å². The van der Waals surface area contributed by atoms with Gasteiger partial charge in [0.25, 0.3) is 0 Å². The highest BCUT2D eigenvalue weighted by Gasteiger charge is 2.45. The molecule has 4 unspecified atom stereocenters. The number of carboxylic acids is 1. The highest BCUT2D eigenvalue weighted by molar-refractivity contribution is 5.87. The summed E-state index contributed by atoms with van der Waals surface area (Å²) in [5.74, 6) is 1.95. The third-order valence-corrected chi connectivity index (χ3v) is 7.87. The Morgan fingerprint density at radius 2 is 1.78 bits per heavy atom. The number of ether oxygens (including phenoxy) is 1. The van der Waals surface area contributed by atoms with Crippen LogP contribution in [-0.2, 0) is 0 Å². The summed E-state index contributed by atoms with van der Waals surface area (Å²) in [6.07, 6.45) is 10.9. The maximum atomic E-state index is 12.9. The molecule has 0 heterocycles. The molecule has 0 radical (unpaired) electrons. The van der Waals surface area contributed by atoms with Crippen molar-refractivity contribution in [1.82, 2.24) is 10.6 Å². The third-order valence-electron chi connectivity index (χ3n) is 7.87. The molecule has 0 spiro atoms. The second-order valence-corrected chi connectivity index (χ2v) is 10.6. The highest BCUT2D eigenvalue weighted by atomic mass is 16.5. The number of fused-ring (bicyclic) bond motifs is 2. The van der Waals surface area contributed by atoms with Crippen molar-refractivity contribution in [2.75, 3.05) is 0 Å². The zero-order valence-corrected chi connectivity index (χ0v) is 19.4. The molecular weight excluding hydrogens is 404 g/mol. The van der Waals surface area contributed by atoms with Crippen molar-refractivity contribution in [2.45, 2.75) is 95.7 Å². The summed E-state index contributed by atoms with van der Waals surface area (Å²) in [6, 6.07) is 6.75. The van der Waals surface area contributed by atoms with Crippen LogP contribution in [0.1, 0.15) is 88.4 Å². The van der Waals surface area contributed by atoms with Gasteiger partial charge >= 0.3 is 12.0 Å². The molecule has 176 valence electrons. The number of urea groups is 1. The Hall–Kier alpha value is -2.24. The number of nitrogens with one attached hydrogen (secondary N) is 2. The lowest BCUT2D eigenvalue weighted by molar-refractivity contribution is 0.0548. The number of carbonyl (C=O) groups is 2. The van der Waals surface area contributed by atoms with Crippen molar-refractivity contribution in [3.63, 3.8) is 0 Å². The van der Waals surface area contributed by atoms with Crippen molar-refractivity contribution in [2.24, 2.45) is 17.8 Å². The molecule has 3 N–H and O–H groups in total.